The van der Waals surface area contributed by atoms with Gasteiger partial charge in [0.1, 0.15) is 0 Å². The van der Waals surface area contributed by atoms with Gasteiger partial charge >= 0.3 is 0 Å². The van der Waals surface area contributed by atoms with Crippen LogP contribution in [0.4, 0.5) is 0 Å². The Labute approximate surface area is 94.5 Å². The van der Waals surface area contributed by atoms with Gasteiger partial charge in [-0.25, -0.2) is 0 Å². The van der Waals surface area contributed by atoms with E-state index in [1.165, 1.54) is 0 Å². The van der Waals surface area contributed by atoms with E-state index in [0.717, 1.165) is 5.96 Å². The van der Waals surface area contributed by atoms with Crippen molar-refractivity contribution < 1.29 is 0 Å². The van der Waals surface area contributed by atoms with E-state index in [1.807, 2.05) is 20.0 Å². The van der Waals surface area contributed by atoms with Gasteiger partial charge in [-0.15, -0.1) is 0 Å². The Morgan fingerprint density at radius 2 is 1.67 bits per heavy atom. The third-order valence-electron chi connectivity index (χ3n) is 2.39. The quantitative estimate of drug-likeness (QED) is 0.528. The predicted octanol–water partition coefficient (Wildman–Crippen LogP) is 2.56. The first-order valence-electron chi connectivity index (χ1n) is 5.56. The van der Waals surface area contributed by atoms with E-state index in [-0.39, 0.29) is 0 Å². The first-order chi connectivity index (χ1) is 6.95. The van der Waals surface area contributed by atoms with Gasteiger partial charge in [0, 0.05) is 32.4 Å². The smallest absolute Gasteiger partial charge is 0.200 e. The van der Waals surface area contributed by atoms with Crippen molar-refractivity contribution in [1.29, 1.82) is 0 Å². The van der Waals surface area contributed by atoms with Gasteiger partial charge < -0.3 is 9.80 Å². The van der Waals surface area contributed by atoms with Crippen molar-refractivity contribution in [3.63, 3.8) is 0 Å². The first-order valence-corrected chi connectivity index (χ1v) is 5.56. The van der Waals surface area contributed by atoms with Crippen molar-refractivity contribution in [2.45, 2.75) is 46.7 Å². The third-order valence-corrected chi connectivity index (χ3v) is 2.39. The van der Waals surface area contributed by atoms with Crippen LogP contribution in [0.2, 0.25) is 0 Å². The Morgan fingerprint density at radius 3 is 1.93 bits per heavy atom. The molecule has 88 valence electrons. The second-order valence-electron chi connectivity index (χ2n) is 4.21. The molecule has 0 amide bonds. The van der Waals surface area contributed by atoms with Crippen molar-refractivity contribution in [2.75, 3.05) is 14.1 Å². The van der Waals surface area contributed by atoms with E-state index < -0.39 is 0 Å². The molecule has 0 aromatic heterocycles. The van der Waals surface area contributed by atoms with Crippen LogP contribution in [-0.2, 0) is 0 Å². The molecule has 0 spiro atoms. The summed E-state index contributed by atoms with van der Waals surface area (Å²) in [4.78, 5) is 8.73. The zero-order valence-corrected chi connectivity index (χ0v) is 11.2. The Hall–Kier alpha value is -0.990. The highest BCUT2D eigenvalue weighted by molar-refractivity contribution is 5.81. The van der Waals surface area contributed by atoms with E-state index in [1.54, 1.807) is 0 Å². The molecule has 0 unspecified atom stereocenters. The lowest BCUT2D eigenvalue weighted by atomic mass is 10.3. The summed E-state index contributed by atoms with van der Waals surface area (Å²) in [6.07, 6.45) is 4.12. The average molecular weight is 211 g/mol. The minimum Gasteiger partial charge on any atom is -0.343 e. The number of rotatable bonds is 3. The molecule has 0 fully saturated rings. The monoisotopic (exact) mass is 211 g/mol. The van der Waals surface area contributed by atoms with Gasteiger partial charge in [0.25, 0.3) is 0 Å². The number of guanidine groups is 1. The van der Waals surface area contributed by atoms with Gasteiger partial charge in [-0.1, -0.05) is 6.08 Å². The summed E-state index contributed by atoms with van der Waals surface area (Å²) in [5.41, 5.74) is 0. The number of hydrogen-bond donors (Lipinski definition) is 0. The standard InChI is InChI=1S/C12H25N3/c1-8-9-15(11(4)5)12(13-6)14(7)10(2)3/h8-11H,1-7H3/b9-8-,13-12?. The fourth-order valence-electron chi connectivity index (χ4n) is 1.32. The molecule has 3 heteroatoms. The molecule has 0 aromatic carbocycles. The summed E-state index contributed by atoms with van der Waals surface area (Å²) in [5.74, 6) is 1.01. The maximum absolute atomic E-state index is 4.37. The van der Waals surface area contributed by atoms with Crippen LogP contribution in [0.25, 0.3) is 0 Å². The van der Waals surface area contributed by atoms with Gasteiger partial charge in [-0.05, 0) is 34.6 Å². The molecule has 15 heavy (non-hydrogen) atoms. The summed E-state index contributed by atoms with van der Waals surface area (Å²) in [5, 5.41) is 0. The SMILES string of the molecule is C/C=C\N(C(=NC)N(C)C(C)C)C(C)C. The highest BCUT2D eigenvalue weighted by atomic mass is 15.4. The molecule has 0 atom stereocenters. The molecule has 0 saturated heterocycles. The van der Waals surface area contributed by atoms with Crippen LogP contribution in [0.3, 0.4) is 0 Å². The molecule has 0 N–H and O–H groups in total. The predicted molar refractivity (Wildman–Crippen MR) is 68.0 cm³/mol. The lowest BCUT2D eigenvalue weighted by Crippen LogP contribution is -2.45. The average Bonchev–Trinajstić information content (AvgIpc) is 2.16. The first kappa shape index (κ1) is 14.0. The van der Waals surface area contributed by atoms with Gasteiger partial charge in [0.15, 0.2) is 0 Å². The summed E-state index contributed by atoms with van der Waals surface area (Å²) in [7, 11) is 3.92. The fourth-order valence-corrected chi connectivity index (χ4v) is 1.32. The summed E-state index contributed by atoms with van der Waals surface area (Å²) in [6.45, 7) is 10.7. The van der Waals surface area contributed by atoms with Gasteiger partial charge in [0.2, 0.25) is 5.96 Å². The zero-order chi connectivity index (χ0) is 12.0. The molecule has 3 nitrogen and oxygen atoms in total. The van der Waals surface area contributed by atoms with Crippen molar-refractivity contribution >= 4 is 5.96 Å². The fraction of sp³-hybridized carbons (Fsp3) is 0.750. The molecular formula is C12H25N3. The molecule has 0 bridgehead atoms. The minimum absolute atomic E-state index is 0.418. The van der Waals surface area contributed by atoms with Gasteiger partial charge in [0.05, 0.1) is 0 Å². The highest BCUT2D eigenvalue weighted by Gasteiger charge is 2.17. The van der Waals surface area contributed by atoms with Crippen molar-refractivity contribution in [3.05, 3.63) is 12.3 Å². The second-order valence-corrected chi connectivity index (χ2v) is 4.21. The highest BCUT2D eigenvalue weighted by Crippen LogP contribution is 2.07. The second kappa shape index (κ2) is 6.49. The Kier molecular flexibility index (Phi) is 6.06. The normalized spacial score (nSPS) is 13.0. The van der Waals surface area contributed by atoms with Crippen LogP contribution < -0.4 is 0 Å². The van der Waals surface area contributed by atoms with Crippen molar-refractivity contribution in [2.24, 2.45) is 4.99 Å². The Bertz CT molecular complexity index is 229. The number of aliphatic imine (C=N–C) groups is 1. The lowest BCUT2D eigenvalue weighted by Gasteiger charge is -2.34. The number of nitrogens with zero attached hydrogens (tertiary/aromatic N) is 3. The van der Waals surface area contributed by atoms with Crippen LogP contribution in [0.15, 0.2) is 17.3 Å². The molecule has 0 heterocycles. The van der Waals surface area contributed by atoms with E-state index in [0.29, 0.717) is 12.1 Å². The van der Waals surface area contributed by atoms with E-state index >= 15 is 0 Å². The molecule has 0 radical (unpaired) electrons. The number of hydrogen-bond acceptors (Lipinski definition) is 1. The van der Waals surface area contributed by atoms with Crippen LogP contribution in [0, 0.1) is 0 Å². The topological polar surface area (TPSA) is 18.8 Å². The largest absolute Gasteiger partial charge is 0.343 e. The van der Waals surface area contributed by atoms with Gasteiger partial charge in [-0.2, -0.15) is 0 Å². The van der Waals surface area contributed by atoms with Crippen molar-refractivity contribution in [3.8, 4) is 0 Å². The van der Waals surface area contributed by atoms with Gasteiger partial charge in [-0.3, -0.25) is 4.99 Å². The maximum Gasteiger partial charge on any atom is 0.200 e. The third kappa shape index (κ3) is 3.94. The van der Waals surface area contributed by atoms with Crippen molar-refractivity contribution in [1.82, 2.24) is 9.80 Å². The summed E-state index contributed by atoms with van der Waals surface area (Å²) >= 11 is 0. The van der Waals surface area contributed by atoms with E-state index in [9.17, 15) is 0 Å². The Balaban J connectivity index is 4.92. The van der Waals surface area contributed by atoms with Crippen LogP contribution in [0.5, 0.6) is 0 Å². The molecule has 0 aliphatic heterocycles. The van der Waals surface area contributed by atoms with Crippen LogP contribution in [-0.4, -0.2) is 41.9 Å². The Morgan fingerprint density at radius 1 is 1.13 bits per heavy atom. The van der Waals surface area contributed by atoms with E-state index in [2.05, 4.69) is 55.7 Å². The zero-order valence-electron chi connectivity index (χ0n) is 11.2. The maximum atomic E-state index is 4.37. The molecule has 0 saturated carbocycles. The summed E-state index contributed by atoms with van der Waals surface area (Å²) < 4.78 is 0. The molecule has 0 aliphatic carbocycles. The van der Waals surface area contributed by atoms with Crippen LogP contribution >= 0.6 is 0 Å². The van der Waals surface area contributed by atoms with Crippen LogP contribution in [0.1, 0.15) is 34.6 Å². The summed E-state index contributed by atoms with van der Waals surface area (Å²) in [6, 6.07) is 0.872. The van der Waals surface area contributed by atoms with E-state index in [4.69, 9.17) is 0 Å². The molecule has 0 aliphatic rings. The molecule has 0 rings (SSSR count). The molecule has 0 aromatic rings. The lowest BCUT2D eigenvalue weighted by molar-refractivity contribution is 0.332. The molecular weight excluding hydrogens is 186 g/mol. The number of allylic oxidation sites excluding steroid dienone is 1. The minimum atomic E-state index is 0.418.